The fraction of sp³-hybridized carbons (Fsp3) is 0.846. The number of methoxy groups -OCH3 is 1. The van der Waals surface area contributed by atoms with E-state index in [0.717, 1.165) is 0 Å². The van der Waals surface area contributed by atoms with Gasteiger partial charge in [0, 0.05) is 26.7 Å². The Kier molecular flexibility index (Phi) is 5.17. The number of carbonyl (C=O) groups excluding carboxylic acids is 1. The predicted molar refractivity (Wildman–Crippen MR) is 71.0 cm³/mol. The van der Waals surface area contributed by atoms with Gasteiger partial charge in [-0.3, -0.25) is 4.79 Å². The Hall–Kier alpha value is -1.30. The predicted octanol–water partition coefficient (Wildman–Crippen LogP) is 1.16. The van der Waals surface area contributed by atoms with Crippen LogP contribution in [0.1, 0.15) is 27.2 Å². The van der Waals surface area contributed by atoms with Crippen molar-refractivity contribution in [2.24, 2.45) is 11.3 Å². The van der Waals surface area contributed by atoms with Crippen LogP contribution in [0.25, 0.3) is 0 Å². The van der Waals surface area contributed by atoms with Crippen molar-refractivity contribution in [1.29, 1.82) is 0 Å². The number of rotatable bonds is 5. The highest BCUT2D eigenvalue weighted by molar-refractivity contribution is 5.80. The number of carboxylic acids is 1. The molecule has 0 aromatic carbocycles. The lowest BCUT2D eigenvalue weighted by molar-refractivity contribution is -0.150. The van der Waals surface area contributed by atoms with Gasteiger partial charge in [0.2, 0.25) is 0 Å². The second kappa shape index (κ2) is 6.23. The zero-order chi connectivity index (χ0) is 14.6. The summed E-state index contributed by atoms with van der Waals surface area (Å²) < 4.78 is 5.05. The smallest absolute Gasteiger partial charge is 0.317 e. The molecule has 2 amide bonds. The molecule has 19 heavy (non-hydrogen) atoms. The molecule has 110 valence electrons. The summed E-state index contributed by atoms with van der Waals surface area (Å²) in [6.07, 6.45) is 0.452. The van der Waals surface area contributed by atoms with Crippen molar-refractivity contribution < 1.29 is 19.4 Å². The molecule has 2 N–H and O–H groups in total. The number of hydrogen-bond acceptors (Lipinski definition) is 3. The molecule has 1 rings (SSSR count). The minimum atomic E-state index is -0.817. The third kappa shape index (κ3) is 3.37. The Balaban J connectivity index is 2.59. The molecule has 6 nitrogen and oxygen atoms in total. The van der Waals surface area contributed by atoms with Crippen molar-refractivity contribution in [1.82, 2.24) is 10.2 Å². The first kappa shape index (κ1) is 15.8. The Bertz CT molecular complexity index is 346. The summed E-state index contributed by atoms with van der Waals surface area (Å²) in [6.45, 7) is 6.82. The number of nitrogens with one attached hydrogen (secondary N) is 1. The van der Waals surface area contributed by atoms with Gasteiger partial charge >= 0.3 is 12.0 Å². The van der Waals surface area contributed by atoms with Crippen LogP contribution in [0.4, 0.5) is 4.79 Å². The van der Waals surface area contributed by atoms with Crippen LogP contribution in [-0.2, 0) is 9.53 Å². The van der Waals surface area contributed by atoms with E-state index in [9.17, 15) is 14.7 Å². The second-order valence-corrected chi connectivity index (χ2v) is 5.52. The van der Waals surface area contributed by atoms with Crippen LogP contribution < -0.4 is 5.32 Å². The molecule has 2 unspecified atom stereocenters. The van der Waals surface area contributed by atoms with Crippen LogP contribution in [0, 0.1) is 11.3 Å². The molecule has 0 aliphatic carbocycles. The fourth-order valence-corrected chi connectivity index (χ4v) is 2.33. The quantitative estimate of drug-likeness (QED) is 0.787. The monoisotopic (exact) mass is 272 g/mol. The number of hydrogen-bond donors (Lipinski definition) is 2. The summed E-state index contributed by atoms with van der Waals surface area (Å²) in [6, 6.07) is -0.215. The van der Waals surface area contributed by atoms with E-state index in [1.165, 1.54) is 0 Å². The van der Waals surface area contributed by atoms with Crippen molar-refractivity contribution in [2.45, 2.75) is 33.3 Å². The lowest BCUT2D eigenvalue weighted by Gasteiger charge is -2.28. The van der Waals surface area contributed by atoms with Gasteiger partial charge in [-0.05, 0) is 19.3 Å². The maximum atomic E-state index is 12.0. The van der Waals surface area contributed by atoms with Gasteiger partial charge in [-0.1, -0.05) is 13.8 Å². The maximum absolute atomic E-state index is 12.0. The van der Waals surface area contributed by atoms with Gasteiger partial charge in [-0.25, -0.2) is 4.79 Å². The van der Waals surface area contributed by atoms with E-state index in [2.05, 4.69) is 5.32 Å². The van der Waals surface area contributed by atoms with E-state index >= 15 is 0 Å². The summed E-state index contributed by atoms with van der Waals surface area (Å²) in [5, 5.41) is 12.2. The maximum Gasteiger partial charge on any atom is 0.317 e. The summed E-state index contributed by atoms with van der Waals surface area (Å²) in [5.74, 6) is -0.816. The number of amides is 2. The summed E-state index contributed by atoms with van der Waals surface area (Å²) >= 11 is 0. The summed E-state index contributed by atoms with van der Waals surface area (Å²) in [5.41, 5.74) is -0.815. The molecule has 6 heteroatoms. The Labute approximate surface area is 114 Å². The second-order valence-electron chi connectivity index (χ2n) is 5.52. The largest absolute Gasteiger partial charge is 0.481 e. The van der Waals surface area contributed by atoms with Crippen LogP contribution in [-0.4, -0.2) is 54.9 Å². The molecule has 0 saturated carbocycles. The number of urea groups is 1. The third-order valence-corrected chi connectivity index (χ3v) is 4.06. The number of ether oxygens (including phenoxy) is 1. The first-order chi connectivity index (χ1) is 8.83. The summed E-state index contributed by atoms with van der Waals surface area (Å²) in [4.78, 5) is 25.0. The Morgan fingerprint density at radius 2 is 2.05 bits per heavy atom. The molecule has 0 spiro atoms. The highest BCUT2D eigenvalue weighted by atomic mass is 16.5. The molecule has 1 saturated heterocycles. The lowest BCUT2D eigenvalue weighted by Crippen LogP contribution is -2.45. The van der Waals surface area contributed by atoms with Gasteiger partial charge in [-0.2, -0.15) is 0 Å². The molecule has 0 radical (unpaired) electrons. The molecule has 1 aliphatic heterocycles. The molecule has 1 aliphatic rings. The number of nitrogens with zero attached hydrogens (tertiary/aromatic N) is 1. The van der Waals surface area contributed by atoms with Crippen LogP contribution >= 0.6 is 0 Å². The van der Waals surface area contributed by atoms with E-state index in [0.29, 0.717) is 19.5 Å². The molecular weight excluding hydrogens is 248 g/mol. The number of aliphatic carboxylic acids is 1. The van der Waals surface area contributed by atoms with Gasteiger partial charge in [-0.15, -0.1) is 0 Å². The molecule has 1 heterocycles. The molecule has 0 aromatic heterocycles. The normalized spacial score (nSPS) is 24.6. The first-order valence-electron chi connectivity index (χ1n) is 6.62. The van der Waals surface area contributed by atoms with E-state index in [-0.39, 0.29) is 24.6 Å². The fourth-order valence-electron chi connectivity index (χ4n) is 2.33. The van der Waals surface area contributed by atoms with Crippen molar-refractivity contribution in [3.8, 4) is 0 Å². The average molecular weight is 272 g/mol. The minimum absolute atomic E-state index is 0.000647. The number of likely N-dealkylation sites (tertiary alicyclic amines) is 1. The zero-order valence-corrected chi connectivity index (χ0v) is 12.1. The van der Waals surface area contributed by atoms with Gasteiger partial charge in [0.15, 0.2) is 0 Å². The van der Waals surface area contributed by atoms with Crippen molar-refractivity contribution in [3.63, 3.8) is 0 Å². The molecule has 0 aromatic rings. The van der Waals surface area contributed by atoms with Crippen LogP contribution in [0.5, 0.6) is 0 Å². The highest BCUT2D eigenvalue weighted by Gasteiger charge is 2.48. The van der Waals surface area contributed by atoms with E-state index in [1.54, 1.807) is 12.0 Å². The average Bonchev–Trinajstić information content (AvgIpc) is 2.81. The third-order valence-electron chi connectivity index (χ3n) is 4.06. The highest BCUT2D eigenvalue weighted by Crippen LogP contribution is 2.38. The van der Waals surface area contributed by atoms with Crippen LogP contribution in [0.3, 0.4) is 0 Å². The molecular formula is C13H24N2O4. The lowest BCUT2D eigenvalue weighted by atomic mass is 9.76. The van der Waals surface area contributed by atoms with Crippen LogP contribution in [0.15, 0.2) is 0 Å². The first-order valence-corrected chi connectivity index (χ1v) is 6.62. The molecule has 2 atom stereocenters. The van der Waals surface area contributed by atoms with Crippen LogP contribution in [0.2, 0.25) is 0 Å². The zero-order valence-electron chi connectivity index (χ0n) is 12.1. The Morgan fingerprint density at radius 3 is 2.47 bits per heavy atom. The van der Waals surface area contributed by atoms with E-state index in [1.807, 2.05) is 20.8 Å². The van der Waals surface area contributed by atoms with E-state index < -0.39 is 11.4 Å². The molecule has 1 fully saturated rings. The van der Waals surface area contributed by atoms with Crippen molar-refractivity contribution >= 4 is 12.0 Å². The van der Waals surface area contributed by atoms with Crippen molar-refractivity contribution in [3.05, 3.63) is 0 Å². The standard InChI is InChI=1S/C13H24N2O4/c1-9(2)13(11(16)17)5-6-15(8-13)12(18)14-7-10(3)19-4/h9-10H,5-8H2,1-4H3,(H,14,18)(H,16,17). The van der Waals surface area contributed by atoms with Gasteiger partial charge in [0.1, 0.15) is 0 Å². The van der Waals surface area contributed by atoms with E-state index in [4.69, 9.17) is 4.74 Å². The SMILES string of the molecule is COC(C)CNC(=O)N1CCC(C(=O)O)(C(C)C)C1. The topological polar surface area (TPSA) is 78.9 Å². The molecule has 0 bridgehead atoms. The van der Waals surface area contributed by atoms with Gasteiger partial charge in [0.25, 0.3) is 0 Å². The Morgan fingerprint density at radius 1 is 1.42 bits per heavy atom. The van der Waals surface area contributed by atoms with Crippen molar-refractivity contribution in [2.75, 3.05) is 26.7 Å². The van der Waals surface area contributed by atoms with Gasteiger partial charge < -0.3 is 20.1 Å². The minimum Gasteiger partial charge on any atom is -0.481 e. The number of carbonyl (C=O) groups is 2. The van der Waals surface area contributed by atoms with Gasteiger partial charge in [0.05, 0.1) is 11.5 Å². The number of carboxylic acid groups (broad SMARTS) is 1. The summed E-state index contributed by atoms with van der Waals surface area (Å²) in [7, 11) is 1.58.